The zero-order chi connectivity index (χ0) is 20.5. The van der Waals surface area contributed by atoms with E-state index in [1.807, 2.05) is 36.4 Å². The standard InChI is InChI=1S/C22H30N4O2S/c1-17(2)14-26-10-11-28-20(15-26)13-24-22(27)25-19-7-5-6-18(12-19)16-29-21-8-3-4-9-23-21/h3-9,12,17,20H,10-11,13-16H2,1-2H3,(H2,24,25,27). The second kappa shape index (κ2) is 11.2. The second-order valence-electron chi connectivity index (χ2n) is 7.64. The third-order valence-electron chi connectivity index (χ3n) is 4.55. The first-order valence-electron chi connectivity index (χ1n) is 10.1. The van der Waals surface area contributed by atoms with Gasteiger partial charge in [-0.25, -0.2) is 9.78 Å². The molecule has 2 heterocycles. The summed E-state index contributed by atoms with van der Waals surface area (Å²) in [4.78, 5) is 19.0. The summed E-state index contributed by atoms with van der Waals surface area (Å²) in [5.74, 6) is 1.43. The van der Waals surface area contributed by atoms with Crippen LogP contribution in [-0.4, -0.2) is 54.8 Å². The number of hydrogen-bond donors (Lipinski definition) is 2. The predicted molar refractivity (Wildman–Crippen MR) is 118 cm³/mol. The summed E-state index contributed by atoms with van der Waals surface area (Å²) in [7, 11) is 0. The fourth-order valence-electron chi connectivity index (χ4n) is 3.30. The molecule has 0 spiro atoms. The zero-order valence-electron chi connectivity index (χ0n) is 17.1. The Morgan fingerprint density at radius 2 is 2.21 bits per heavy atom. The molecular weight excluding hydrogens is 384 g/mol. The predicted octanol–water partition coefficient (Wildman–Crippen LogP) is 3.85. The summed E-state index contributed by atoms with van der Waals surface area (Å²) < 4.78 is 5.79. The summed E-state index contributed by atoms with van der Waals surface area (Å²) in [6.45, 7) is 8.56. The lowest BCUT2D eigenvalue weighted by Crippen LogP contribution is -2.48. The maximum Gasteiger partial charge on any atom is 0.319 e. The molecule has 29 heavy (non-hydrogen) atoms. The highest BCUT2D eigenvalue weighted by atomic mass is 32.2. The molecule has 0 saturated carbocycles. The maximum absolute atomic E-state index is 12.3. The first kappa shape index (κ1) is 21.6. The molecule has 1 aliphatic heterocycles. The lowest BCUT2D eigenvalue weighted by molar-refractivity contribution is -0.0288. The lowest BCUT2D eigenvalue weighted by Gasteiger charge is -2.33. The summed E-state index contributed by atoms with van der Waals surface area (Å²) in [6.07, 6.45) is 1.83. The highest BCUT2D eigenvalue weighted by molar-refractivity contribution is 7.98. The number of carbonyl (C=O) groups excluding carboxylic acids is 1. The molecule has 0 radical (unpaired) electrons. The number of aromatic nitrogens is 1. The van der Waals surface area contributed by atoms with E-state index in [4.69, 9.17) is 4.74 Å². The molecule has 156 valence electrons. The summed E-state index contributed by atoms with van der Waals surface area (Å²) in [6, 6.07) is 13.6. The molecule has 2 amide bonds. The van der Waals surface area contributed by atoms with Gasteiger partial charge in [0.2, 0.25) is 0 Å². The van der Waals surface area contributed by atoms with Crippen LogP contribution in [0.5, 0.6) is 0 Å². The van der Waals surface area contributed by atoms with Crippen LogP contribution in [0.25, 0.3) is 0 Å². The first-order valence-corrected chi connectivity index (χ1v) is 11.1. The van der Waals surface area contributed by atoms with Crippen molar-refractivity contribution in [2.24, 2.45) is 5.92 Å². The zero-order valence-corrected chi connectivity index (χ0v) is 18.0. The Bertz CT molecular complexity index is 772. The number of amides is 2. The minimum Gasteiger partial charge on any atom is -0.374 e. The van der Waals surface area contributed by atoms with Crippen LogP contribution in [0.15, 0.2) is 53.7 Å². The molecule has 1 unspecified atom stereocenters. The Morgan fingerprint density at radius 3 is 3.00 bits per heavy atom. The number of rotatable bonds is 8. The largest absolute Gasteiger partial charge is 0.374 e. The normalized spacial score (nSPS) is 17.3. The van der Waals surface area contributed by atoms with Gasteiger partial charge in [-0.2, -0.15) is 0 Å². The number of ether oxygens (including phenoxy) is 1. The van der Waals surface area contributed by atoms with Crippen molar-refractivity contribution < 1.29 is 9.53 Å². The van der Waals surface area contributed by atoms with Gasteiger partial charge in [0.25, 0.3) is 0 Å². The number of nitrogens with one attached hydrogen (secondary N) is 2. The third kappa shape index (κ3) is 7.68. The summed E-state index contributed by atoms with van der Waals surface area (Å²) in [5.41, 5.74) is 1.92. The van der Waals surface area contributed by atoms with E-state index < -0.39 is 0 Å². The molecule has 2 N–H and O–H groups in total. The van der Waals surface area contributed by atoms with Crippen LogP contribution in [0, 0.1) is 5.92 Å². The number of urea groups is 1. The van der Waals surface area contributed by atoms with Crippen molar-refractivity contribution in [2.45, 2.75) is 30.7 Å². The van der Waals surface area contributed by atoms with E-state index in [1.54, 1.807) is 18.0 Å². The summed E-state index contributed by atoms with van der Waals surface area (Å²) >= 11 is 1.67. The van der Waals surface area contributed by atoms with Gasteiger partial charge in [-0.05, 0) is 35.7 Å². The number of thioether (sulfide) groups is 1. The lowest BCUT2D eigenvalue weighted by atomic mass is 10.2. The van der Waals surface area contributed by atoms with Crippen molar-refractivity contribution in [3.63, 3.8) is 0 Å². The molecule has 3 rings (SSSR count). The number of hydrogen-bond acceptors (Lipinski definition) is 5. The third-order valence-corrected chi connectivity index (χ3v) is 5.56. The van der Waals surface area contributed by atoms with Crippen LogP contribution in [0.4, 0.5) is 10.5 Å². The molecule has 1 saturated heterocycles. The van der Waals surface area contributed by atoms with Gasteiger partial charge < -0.3 is 15.4 Å². The van der Waals surface area contributed by atoms with Gasteiger partial charge in [0.1, 0.15) is 0 Å². The minimum atomic E-state index is -0.205. The molecule has 0 bridgehead atoms. The monoisotopic (exact) mass is 414 g/mol. The number of pyridine rings is 1. The Balaban J connectivity index is 1.43. The topological polar surface area (TPSA) is 66.5 Å². The molecule has 6 nitrogen and oxygen atoms in total. The van der Waals surface area contributed by atoms with Gasteiger partial charge in [-0.3, -0.25) is 4.90 Å². The van der Waals surface area contributed by atoms with E-state index in [2.05, 4.69) is 40.4 Å². The van der Waals surface area contributed by atoms with Gasteiger partial charge in [0.05, 0.1) is 17.7 Å². The van der Waals surface area contributed by atoms with Crippen LogP contribution in [0.3, 0.4) is 0 Å². The highest BCUT2D eigenvalue weighted by Crippen LogP contribution is 2.22. The Morgan fingerprint density at radius 1 is 1.31 bits per heavy atom. The summed E-state index contributed by atoms with van der Waals surface area (Å²) in [5, 5.41) is 6.84. The van der Waals surface area contributed by atoms with Gasteiger partial charge in [0.15, 0.2) is 0 Å². The van der Waals surface area contributed by atoms with Crippen molar-refractivity contribution in [2.75, 3.05) is 38.1 Å². The van der Waals surface area contributed by atoms with Gasteiger partial charge >= 0.3 is 6.03 Å². The number of nitrogens with zero attached hydrogens (tertiary/aromatic N) is 2. The number of carbonyl (C=O) groups is 1. The van der Waals surface area contributed by atoms with Crippen LogP contribution >= 0.6 is 11.8 Å². The van der Waals surface area contributed by atoms with Crippen molar-refractivity contribution in [1.82, 2.24) is 15.2 Å². The van der Waals surface area contributed by atoms with Crippen molar-refractivity contribution >= 4 is 23.5 Å². The van der Waals surface area contributed by atoms with E-state index >= 15 is 0 Å². The first-order chi connectivity index (χ1) is 14.1. The molecule has 2 aromatic rings. The van der Waals surface area contributed by atoms with Crippen LogP contribution < -0.4 is 10.6 Å². The molecule has 0 aliphatic carbocycles. The van der Waals surface area contributed by atoms with E-state index in [0.29, 0.717) is 12.5 Å². The maximum atomic E-state index is 12.3. The van der Waals surface area contributed by atoms with Gasteiger partial charge in [-0.1, -0.05) is 32.0 Å². The average Bonchev–Trinajstić information content (AvgIpc) is 2.72. The average molecular weight is 415 g/mol. The molecule has 7 heteroatoms. The van der Waals surface area contributed by atoms with E-state index in [1.165, 1.54) is 0 Å². The quantitative estimate of drug-likeness (QED) is 0.642. The van der Waals surface area contributed by atoms with Crippen molar-refractivity contribution in [3.05, 3.63) is 54.2 Å². The second-order valence-corrected chi connectivity index (χ2v) is 8.63. The Hall–Kier alpha value is -2.09. The van der Waals surface area contributed by atoms with Crippen LogP contribution in [0.1, 0.15) is 19.4 Å². The van der Waals surface area contributed by atoms with Crippen LogP contribution in [-0.2, 0) is 10.5 Å². The van der Waals surface area contributed by atoms with E-state index in [9.17, 15) is 4.79 Å². The molecule has 1 aromatic heterocycles. The minimum absolute atomic E-state index is 0.0364. The molecule has 1 aliphatic rings. The molecule has 1 fully saturated rings. The van der Waals surface area contributed by atoms with Gasteiger partial charge in [-0.15, -0.1) is 11.8 Å². The molecular formula is C22H30N4O2S. The molecule has 1 aromatic carbocycles. The SMILES string of the molecule is CC(C)CN1CCOC(CNC(=O)Nc2cccc(CSc3ccccn3)c2)C1. The van der Waals surface area contributed by atoms with Crippen molar-refractivity contribution in [3.8, 4) is 0 Å². The number of anilines is 1. The Labute approximate surface area is 177 Å². The van der Waals surface area contributed by atoms with Gasteiger partial charge in [0, 0.05) is 43.8 Å². The number of morpholine rings is 1. The Kier molecular flexibility index (Phi) is 8.34. The fraction of sp³-hybridized carbons (Fsp3) is 0.455. The van der Waals surface area contributed by atoms with E-state index in [-0.39, 0.29) is 12.1 Å². The van der Waals surface area contributed by atoms with E-state index in [0.717, 1.165) is 48.3 Å². The molecule has 1 atom stereocenters. The highest BCUT2D eigenvalue weighted by Gasteiger charge is 2.21. The number of benzene rings is 1. The van der Waals surface area contributed by atoms with Crippen LogP contribution in [0.2, 0.25) is 0 Å². The fourth-order valence-corrected chi connectivity index (χ4v) is 4.10. The van der Waals surface area contributed by atoms with Crippen molar-refractivity contribution in [1.29, 1.82) is 0 Å². The smallest absolute Gasteiger partial charge is 0.319 e.